The molecule has 0 saturated carbocycles. The molecule has 6 aromatic rings. The van der Waals surface area contributed by atoms with Crippen LogP contribution in [0.5, 0.6) is 11.5 Å². The molecule has 4 aromatic carbocycles. The maximum absolute atomic E-state index is 13.4. The molecule has 13 nitrogen and oxygen atoms in total. The summed E-state index contributed by atoms with van der Waals surface area (Å²) >= 11 is 0. The Morgan fingerprint density at radius 2 is 1.66 bits per heavy atom. The van der Waals surface area contributed by atoms with Gasteiger partial charge in [0.2, 0.25) is 0 Å². The first-order valence-corrected chi connectivity index (χ1v) is 20.2. The standard InChI is InChI=1S/C42H48N6O7S/c1-5-53-42(50)41-33(13-9-25-54-37-14-8-11-29-10-6-7-12-32(29)37)34-20-15-28(2)38(40(34)43-41)39-35(26-49)44-45-36(39)27-55-31-18-16-30(17-19-31)47-21-23-48(24-22-47)56(51,52)46(3)4/h6-8,10-12,14-20,43,49H,5,9,13,21-27H2,1-4H3,(H,44,45). The lowest BCUT2D eigenvalue weighted by atomic mass is 9.94. The van der Waals surface area contributed by atoms with Crippen molar-refractivity contribution < 1.29 is 32.5 Å². The van der Waals surface area contributed by atoms with Crippen molar-refractivity contribution in [3.63, 3.8) is 0 Å². The third-order valence-electron chi connectivity index (χ3n) is 10.3. The number of rotatable bonds is 15. The lowest BCUT2D eigenvalue weighted by molar-refractivity contribution is 0.0519. The zero-order valence-corrected chi connectivity index (χ0v) is 33.0. The molecule has 0 atom stereocenters. The summed E-state index contributed by atoms with van der Waals surface area (Å²) in [6.45, 7) is 6.28. The van der Waals surface area contributed by atoms with E-state index in [1.54, 1.807) is 21.0 Å². The minimum atomic E-state index is -3.44. The maximum atomic E-state index is 13.4. The van der Waals surface area contributed by atoms with Crippen molar-refractivity contribution in [2.24, 2.45) is 0 Å². The number of H-pyrrole nitrogens is 2. The van der Waals surface area contributed by atoms with E-state index in [1.807, 2.05) is 73.7 Å². The number of carbonyl (C=O) groups excluding carboxylic acids is 1. The number of fused-ring (bicyclic) bond motifs is 2. The summed E-state index contributed by atoms with van der Waals surface area (Å²) in [5.41, 5.74) is 6.55. The van der Waals surface area contributed by atoms with Gasteiger partial charge >= 0.3 is 5.97 Å². The quantitative estimate of drug-likeness (QED) is 0.0816. The van der Waals surface area contributed by atoms with Gasteiger partial charge in [0, 0.05) is 67.9 Å². The van der Waals surface area contributed by atoms with Crippen molar-refractivity contribution in [2.75, 3.05) is 58.4 Å². The van der Waals surface area contributed by atoms with Gasteiger partial charge in [0.1, 0.15) is 23.8 Å². The third-order valence-corrected chi connectivity index (χ3v) is 12.2. The second kappa shape index (κ2) is 16.8. The highest BCUT2D eigenvalue weighted by Gasteiger charge is 2.29. The first-order chi connectivity index (χ1) is 27.1. The minimum absolute atomic E-state index is 0.141. The molecule has 1 aliphatic heterocycles. The van der Waals surface area contributed by atoms with Crippen LogP contribution in [-0.2, 0) is 34.6 Å². The summed E-state index contributed by atoms with van der Waals surface area (Å²) in [4.78, 5) is 18.9. The van der Waals surface area contributed by atoms with E-state index in [0.29, 0.717) is 74.0 Å². The molecule has 0 bridgehead atoms. The van der Waals surface area contributed by atoms with E-state index in [4.69, 9.17) is 14.2 Å². The molecule has 1 fully saturated rings. The summed E-state index contributed by atoms with van der Waals surface area (Å²) in [7, 11) is -0.352. The number of aliphatic hydroxyl groups excluding tert-OH is 1. The lowest BCUT2D eigenvalue weighted by Gasteiger charge is -2.36. The van der Waals surface area contributed by atoms with E-state index >= 15 is 0 Å². The molecular formula is C42H48N6O7S. The van der Waals surface area contributed by atoms with E-state index in [-0.39, 0.29) is 19.8 Å². The molecule has 7 rings (SSSR count). The SMILES string of the molecule is CCOC(=O)c1[nH]c2c(-c3c(CO)n[nH]c3COc3ccc(N4CCN(S(=O)(=O)N(C)C)CC4)cc3)c(C)ccc2c1CCCOc1cccc2ccccc12. The highest BCUT2D eigenvalue weighted by molar-refractivity contribution is 7.86. The summed E-state index contributed by atoms with van der Waals surface area (Å²) in [6, 6.07) is 25.9. The van der Waals surface area contributed by atoms with E-state index < -0.39 is 16.2 Å². The molecule has 0 unspecified atom stereocenters. The number of piperazine rings is 1. The van der Waals surface area contributed by atoms with Gasteiger partial charge < -0.3 is 29.2 Å². The Labute approximate surface area is 327 Å². The molecule has 3 heterocycles. The first kappa shape index (κ1) is 38.8. The Morgan fingerprint density at radius 1 is 0.911 bits per heavy atom. The van der Waals surface area contributed by atoms with Gasteiger partial charge in [-0.15, -0.1) is 0 Å². The summed E-state index contributed by atoms with van der Waals surface area (Å²) in [5, 5.41) is 21.0. The average molecular weight is 781 g/mol. The van der Waals surface area contributed by atoms with Crippen LogP contribution in [0.15, 0.2) is 78.9 Å². The predicted molar refractivity (Wildman–Crippen MR) is 217 cm³/mol. The predicted octanol–water partition coefficient (Wildman–Crippen LogP) is 6.21. The van der Waals surface area contributed by atoms with Gasteiger partial charge in [0.15, 0.2) is 0 Å². The molecular weight excluding hydrogens is 733 g/mol. The van der Waals surface area contributed by atoms with Gasteiger partial charge in [0.25, 0.3) is 10.2 Å². The second-order valence-electron chi connectivity index (χ2n) is 13.9. The van der Waals surface area contributed by atoms with Gasteiger partial charge in [-0.25, -0.2) is 4.79 Å². The number of hydrogen-bond donors (Lipinski definition) is 3. The number of benzene rings is 4. The van der Waals surface area contributed by atoms with Crippen LogP contribution in [0.3, 0.4) is 0 Å². The maximum Gasteiger partial charge on any atom is 0.355 e. The van der Waals surface area contributed by atoms with Gasteiger partial charge in [0.05, 0.1) is 36.7 Å². The van der Waals surface area contributed by atoms with Gasteiger partial charge in [-0.3, -0.25) is 5.10 Å². The number of esters is 1. The molecule has 0 amide bonds. The number of aromatic amines is 2. The van der Waals surface area contributed by atoms with Crippen LogP contribution in [0.25, 0.3) is 32.8 Å². The normalized spacial score (nSPS) is 13.9. The van der Waals surface area contributed by atoms with Crippen molar-refractivity contribution >= 4 is 43.5 Å². The number of hydrogen-bond acceptors (Lipinski definition) is 9. The van der Waals surface area contributed by atoms with Crippen LogP contribution in [0.4, 0.5) is 5.69 Å². The molecule has 56 heavy (non-hydrogen) atoms. The Balaban J connectivity index is 1.10. The number of aryl methyl sites for hydroxylation is 2. The number of anilines is 1. The van der Waals surface area contributed by atoms with Crippen LogP contribution >= 0.6 is 0 Å². The smallest absolute Gasteiger partial charge is 0.355 e. The molecule has 14 heteroatoms. The van der Waals surface area contributed by atoms with Crippen LogP contribution in [-0.4, -0.2) is 96.8 Å². The molecule has 0 aliphatic carbocycles. The van der Waals surface area contributed by atoms with Crippen LogP contribution in [0.1, 0.15) is 46.3 Å². The van der Waals surface area contributed by atoms with E-state index in [2.05, 4.69) is 32.2 Å². The van der Waals surface area contributed by atoms with Crippen molar-refractivity contribution in [1.29, 1.82) is 0 Å². The van der Waals surface area contributed by atoms with Gasteiger partial charge in [-0.2, -0.15) is 22.1 Å². The summed E-state index contributed by atoms with van der Waals surface area (Å²) in [6.07, 6.45) is 1.22. The Hall–Kier alpha value is -5.41. The van der Waals surface area contributed by atoms with E-state index in [9.17, 15) is 18.3 Å². The molecule has 3 N–H and O–H groups in total. The fraction of sp³-hybridized carbons (Fsp3) is 0.333. The number of aliphatic hydroxyl groups is 1. The van der Waals surface area contributed by atoms with E-state index in [0.717, 1.165) is 49.8 Å². The second-order valence-corrected chi connectivity index (χ2v) is 16.1. The Morgan fingerprint density at radius 3 is 2.39 bits per heavy atom. The van der Waals surface area contributed by atoms with Gasteiger partial charge in [-0.1, -0.05) is 48.5 Å². The molecule has 294 valence electrons. The Bertz CT molecular complexity index is 2430. The minimum Gasteiger partial charge on any atom is -0.493 e. The first-order valence-electron chi connectivity index (χ1n) is 18.8. The third kappa shape index (κ3) is 7.82. The number of nitrogens with one attached hydrogen (secondary N) is 2. The molecule has 0 radical (unpaired) electrons. The fourth-order valence-corrected chi connectivity index (χ4v) is 8.47. The number of ether oxygens (including phenoxy) is 3. The zero-order chi connectivity index (χ0) is 39.4. The van der Waals surface area contributed by atoms with Crippen molar-refractivity contribution in [2.45, 2.75) is 39.9 Å². The molecule has 0 spiro atoms. The van der Waals surface area contributed by atoms with Crippen molar-refractivity contribution in [3.05, 3.63) is 107 Å². The zero-order valence-electron chi connectivity index (χ0n) is 32.2. The highest BCUT2D eigenvalue weighted by Crippen LogP contribution is 2.39. The van der Waals surface area contributed by atoms with Crippen LogP contribution < -0.4 is 14.4 Å². The summed E-state index contributed by atoms with van der Waals surface area (Å²) in [5.74, 6) is 1.03. The monoisotopic (exact) mass is 780 g/mol. The van der Waals surface area contributed by atoms with Crippen LogP contribution in [0.2, 0.25) is 0 Å². The van der Waals surface area contributed by atoms with Crippen molar-refractivity contribution in [3.8, 4) is 22.6 Å². The number of carbonyl (C=O) groups is 1. The largest absolute Gasteiger partial charge is 0.493 e. The lowest BCUT2D eigenvalue weighted by Crippen LogP contribution is -2.51. The number of aromatic nitrogens is 3. The topological polar surface area (TPSA) is 153 Å². The Kier molecular flexibility index (Phi) is 11.6. The van der Waals surface area contributed by atoms with E-state index in [1.165, 1.54) is 8.61 Å². The van der Waals surface area contributed by atoms with Crippen LogP contribution in [0, 0.1) is 6.92 Å². The molecule has 1 aliphatic rings. The number of nitrogens with zero attached hydrogens (tertiary/aromatic N) is 4. The van der Waals surface area contributed by atoms with Crippen molar-refractivity contribution in [1.82, 2.24) is 23.8 Å². The molecule has 1 saturated heterocycles. The van der Waals surface area contributed by atoms with Gasteiger partial charge in [-0.05, 0) is 73.5 Å². The molecule has 2 aromatic heterocycles. The summed E-state index contributed by atoms with van der Waals surface area (Å²) < 4.78 is 45.8. The fourth-order valence-electron chi connectivity index (χ4n) is 7.39. The average Bonchev–Trinajstić information content (AvgIpc) is 3.80. The highest BCUT2D eigenvalue weighted by atomic mass is 32.2.